The number of esters is 1. The predicted molar refractivity (Wildman–Crippen MR) is 102 cm³/mol. The van der Waals surface area contributed by atoms with Crippen molar-refractivity contribution < 1.29 is 14.3 Å². The molecule has 27 heavy (non-hydrogen) atoms. The van der Waals surface area contributed by atoms with Crippen molar-refractivity contribution in [3.63, 3.8) is 0 Å². The van der Waals surface area contributed by atoms with Crippen LogP contribution >= 0.6 is 0 Å². The average molecular weight is 358 g/mol. The monoisotopic (exact) mass is 358 g/mol. The number of hydrogen-bond acceptors (Lipinski definition) is 4. The van der Waals surface area contributed by atoms with Gasteiger partial charge in [0, 0.05) is 17.8 Å². The van der Waals surface area contributed by atoms with Gasteiger partial charge in [-0.1, -0.05) is 60.7 Å². The minimum Gasteiger partial charge on any atom is -0.434 e. The highest BCUT2D eigenvalue weighted by Gasteiger charge is 2.31. The van der Waals surface area contributed by atoms with Gasteiger partial charge in [-0.05, 0) is 23.8 Å². The van der Waals surface area contributed by atoms with Crippen LogP contribution in [0.2, 0.25) is 0 Å². The second-order valence-electron chi connectivity index (χ2n) is 6.23. The Kier molecular flexibility index (Phi) is 4.58. The molecule has 0 fully saturated rings. The summed E-state index contributed by atoms with van der Waals surface area (Å²) < 4.78 is 5.42. The normalized spacial score (nSPS) is 15.0. The molecule has 4 rings (SSSR count). The topological polar surface area (TPSA) is 67.4 Å². The maximum atomic E-state index is 12.7. The molecule has 1 aliphatic heterocycles. The summed E-state index contributed by atoms with van der Waals surface area (Å²) in [6.07, 6.45) is -0.614. The van der Waals surface area contributed by atoms with Gasteiger partial charge >= 0.3 is 5.97 Å². The third-order valence-corrected chi connectivity index (χ3v) is 4.44. The van der Waals surface area contributed by atoms with E-state index < -0.39 is 6.23 Å². The molecule has 0 bridgehead atoms. The minimum atomic E-state index is -0.614. The van der Waals surface area contributed by atoms with Crippen molar-refractivity contribution in [2.75, 3.05) is 5.32 Å². The van der Waals surface area contributed by atoms with E-state index in [2.05, 4.69) is 10.6 Å². The Hall–Kier alpha value is -3.60. The van der Waals surface area contributed by atoms with Gasteiger partial charge in [0.1, 0.15) is 0 Å². The molecule has 5 nitrogen and oxygen atoms in total. The second-order valence-corrected chi connectivity index (χ2v) is 6.23. The van der Waals surface area contributed by atoms with E-state index in [-0.39, 0.29) is 11.9 Å². The number of fused-ring (bicyclic) bond motifs is 1. The van der Waals surface area contributed by atoms with Crippen LogP contribution in [0.15, 0.2) is 78.9 Å². The van der Waals surface area contributed by atoms with Crippen molar-refractivity contribution in [3.8, 4) is 0 Å². The van der Waals surface area contributed by atoms with E-state index in [1.165, 1.54) is 0 Å². The number of para-hydroxylation sites is 1. The number of carbonyl (C=O) groups is 2. The van der Waals surface area contributed by atoms with Gasteiger partial charge in [0.15, 0.2) is 0 Å². The Bertz CT molecular complexity index is 986. The van der Waals surface area contributed by atoms with Crippen LogP contribution in [0.3, 0.4) is 0 Å². The molecule has 0 radical (unpaired) electrons. The number of cyclic esters (lactones) is 1. The molecule has 0 aromatic heterocycles. The molecular formula is C22H18N2O3. The number of ether oxygens (including phenoxy) is 1. The van der Waals surface area contributed by atoms with Crippen LogP contribution in [0.1, 0.15) is 38.1 Å². The molecule has 0 aliphatic carbocycles. The first kappa shape index (κ1) is 16.8. The van der Waals surface area contributed by atoms with E-state index in [1.54, 1.807) is 30.3 Å². The number of anilines is 1. The lowest BCUT2D eigenvalue weighted by molar-refractivity contribution is 0.0437. The number of rotatable bonds is 5. The Balaban J connectivity index is 1.52. The van der Waals surface area contributed by atoms with Crippen LogP contribution in [0.4, 0.5) is 5.69 Å². The lowest BCUT2D eigenvalue weighted by Crippen LogP contribution is -2.24. The highest BCUT2D eigenvalue weighted by Crippen LogP contribution is 2.32. The average Bonchev–Trinajstić information content (AvgIpc) is 3.03. The number of hydrogen-bond donors (Lipinski definition) is 2. The molecule has 0 spiro atoms. The summed E-state index contributed by atoms with van der Waals surface area (Å²) in [6, 6.07) is 24.1. The molecule has 3 aromatic carbocycles. The molecule has 5 heteroatoms. The van der Waals surface area contributed by atoms with Crippen molar-refractivity contribution in [2.24, 2.45) is 0 Å². The van der Waals surface area contributed by atoms with E-state index in [1.807, 2.05) is 48.5 Å². The maximum absolute atomic E-state index is 12.7. The largest absolute Gasteiger partial charge is 0.434 e. The van der Waals surface area contributed by atoms with E-state index >= 15 is 0 Å². The molecule has 0 saturated heterocycles. The van der Waals surface area contributed by atoms with Gasteiger partial charge in [-0.3, -0.25) is 4.79 Å². The summed E-state index contributed by atoms with van der Waals surface area (Å²) in [5, 5.41) is 6.09. The zero-order chi connectivity index (χ0) is 18.6. The molecule has 0 saturated carbocycles. The Morgan fingerprint density at radius 3 is 2.44 bits per heavy atom. The van der Waals surface area contributed by atoms with Gasteiger partial charge in [-0.25, -0.2) is 4.79 Å². The molecule has 3 aromatic rings. The van der Waals surface area contributed by atoms with E-state index in [4.69, 9.17) is 4.74 Å². The molecule has 1 aliphatic rings. The Morgan fingerprint density at radius 2 is 1.59 bits per heavy atom. The molecule has 1 unspecified atom stereocenters. The van der Waals surface area contributed by atoms with Gasteiger partial charge in [0.05, 0.1) is 11.1 Å². The summed E-state index contributed by atoms with van der Waals surface area (Å²) >= 11 is 0. The van der Waals surface area contributed by atoms with Gasteiger partial charge < -0.3 is 15.4 Å². The molecule has 2 N–H and O–H groups in total. The second kappa shape index (κ2) is 7.33. The van der Waals surface area contributed by atoms with E-state index in [9.17, 15) is 9.59 Å². The van der Waals surface area contributed by atoms with Gasteiger partial charge in [0.2, 0.25) is 6.23 Å². The van der Waals surface area contributed by atoms with Crippen molar-refractivity contribution >= 4 is 17.6 Å². The lowest BCUT2D eigenvalue weighted by atomic mass is 10.1. The number of carbonyl (C=O) groups excluding carboxylic acids is 2. The van der Waals surface area contributed by atoms with Crippen LogP contribution in [-0.2, 0) is 11.3 Å². The van der Waals surface area contributed by atoms with Crippen molar-refractivity contribution in [1.29, 1.82) is 0 Å². The number of nitrogens with one attached hydrogen (secondary N) is 2. The molecule has 1 atom stereocenters. The predicted octanol–water partition coefficient (Wildman–Crippen LogP) is 3.90. The fourth-order valence-electron chi connectivity index (χ4n) is 3.07. The molecule has 134 valence electrons. The zero-order valence-corrected chi connectivity index (χ0v) is 14.5. The first-order chi connectivity index (χ1) is 13.2. The van der Waals surface area contributed by atoms with Crippen LogP contribution in [-0.4, -0.2) is 11.9 Å². The summed E-state index contributed by atoms with van der Waals surface area (Å²) in [7, 11) is 0. The minimum absolute atomic E-state index is 0.195. The Labute approximate surface area is 157 Å². The van der Waals surface area contributed by atoms with Crippen LogP contribution < -0.4 is 10.6 Å². The summed E-state index contributed by atoms with van der Waals surface area (Å²) in [6.45, 7) is 0.440. The molecular weight excluding hydrogens is 340 g/mol. The third kappa shape index (κ3) is 3.53. The number of benzene rings is 3. The summed E-state index contributed by atoms with van der Waals surface area (Å²) in [4.78, 5) is 24.7. The molecule has 1 amide bonds. The van der Waals surface area contributed by atoms with E-state index in [0.29, 0.717) is 23.4 Å². The first-order valence-electron chi connectivity index (χ1n) is 8.70. The lowest BCUT2D eigenvalue weighted by Gasteiger charge is -2.17. The van der Waals surface area contributed by atoms with Gasteiger partial charge in [0.25, 0.3) is 5.91 Å². The maximum Gasteiger partial charge on any atom is 0.340 e. The Morgan fingerprint density at radius 1 is 0.889 bits per heavy atom. The SMILES string of the molecule is O=C(NCc1ccccc1)c1ccccc1NC1OC(=O)c2ccccc21. The third-order valence-electron chi connectivity index (χ3n) is 4.44. The van der Waals surface area contributed by atoms with Gasteiger partial charge in [-0.2, -0.15) is 0 Å². The zero-order valence-electron chi connectivity index (χ0n) is 14.5. The smallest absolute Gasteiger partial charge is 0.340 e. The number of amides is 1. The van der Waals surface area contributed by atoms with Crippen LogP contribution in [0.5, 0.6) is 0 Å². The summed E-state index contributed by atoms with van der Waals surface area (Å²) in [5.41, 5.74) is 3.43. The molecule has 1 heterocycles. The van der Waals surface area contributed by atoms with Gasteiger partial charge in [-0.15, -0.1) is 0 Å². The highest BCUT2D eigenvalue weighted by atomic mass is 16.6. The van der Waals surface area contributed by atoms with Crippen LogP contribution in [0, 0.1) is 0 Å². The van der Waals surface area contributed by atoms with Crippen molar-refractivity contribution in [1.82, 2.24) is 5.32 Å². The quantitative estimate of drug-likeness (QED) is 0.679. The van der Waals surface area contributed by atoms with E-state index in [0.717, 1.165) is 11.1 Å². The van der Waals surface area contributed by atoms with Crippen molar-refractivity contribution in [3.05, 3.63) is 101 Å². The highest BCUT2D eigenvalue weighted by molar-refractivity contribution is 6.00. The standard InChI is InChI=1S/C22H18N2O3/c25-20(23-14-15-8-2-1-3-9-15)18-12-6-7-13-19(18)24-21-16-10-4-5-11-17(16)22(26)27-21/h1-13,21,24H,14H2,(H,23,25). The van der Waals surface area contributed by atoms with Crippen molar-refractivity contribution in [2.45, 2.75) is 12.8 Å². The van der Waals surface area contributed by atoms with Crippen LogP contribution in [0.25, 0.3) is 0 Å². The fourth-order valence-corrected chi connectivity index (χ4v) is 3.07. The fraction of sp³-hybridized carbons (Fsp3) is 0.0909. The first-order valence-corrected chi connectivity index (χ1v) is 8.70. The summed E-state index contributed by atoms with van der Waals surface area (Å²) in [5.74, 6) is -0.561.